The van der Waals surface area contributed by atoms with Crippen molar-refractivity contribution in [2.24, 2.45) is 7.05 Å². The summed E-state index contributed by atoms with van der Waals surface area (Å²) in [4.78, 5) is 11.0. The van der Waals surface area contributed by atoms with E-state index in [1.165, 1.54) is 4.57 Å². The third-order valence-electron chi connectivity index (χ3n) is 1.75. The Labute approximate surface area is 73.2 Å². The highest BCUT2D eigenvalue weighted by Gasteiger charge is 2.04. The van der Waals surface area contributed by atoms with Crippen molar-refractivity contribution in [2.75, 3.05) is 0 Å². The quantitative estimate of drug-likeness (QED) is 0.624. The van der Waals surface area contributed by atoms with Gasteiger partial charge in [0.15, 0.2) is 5.58 Å². The minimum Gasteiger partial charge on any atom is -0.408 e. The van der Waals surface area contributed by atoms with Crippen LogP contribution in [0.2, 0.25) is 5.02 Å². The molecule has 1 heterocycles. The molecule has 0 aliphatic rings. The van der Waals surface area contributed by atoms with Crippen LogP contribution in [0.25, 0.3) is 11.1 Å². The van der Waals surface area contributed by atoms with E-state index in [9.17, 15) is 4.79 Å². The van der Waals surface area contributed by atoms with Crippen molar-refractivity contribution < 1.29 is 4.42 Å². The second-order valence-electron chi connectivity index (χ2n) is 2.54. The molecule has 2 rings (SSSR count). The molecule has 0 bridgehead atoms. The number of hydrogen-bond acceptors (Lipinski definition) is 2. The van der Waals surface area contributed by atoms with Gasteiger partial charge >= 0.3 is 5.76 Å². The van der Waals surface area contributed by atoms with Gasteiger partial charge in [-0.15, -0.1) is 0 Å². The standard InChI is InChI=1S/C8H6ClNO2/c1-10-6-3-2-5(9)4-7(6)12-8(10)11/h2-4H,1H3. The van der Waals surface area contributed by atoms with Crippen LogP contribution in [0, 0.1) is 0 Å². The summed E-state index contributed by atoms with van der Waals surface area (Å²) in [5.74, 6) is -0.368. The van der Waals surface area contributed by atoms with E-state index in [-0.39, 0.29) is 5.76 Å². The van der Waals surface area contributed by atoms with Crippen LogP contribution >= 0.6 is 11.6 Å². The van der Waals surface area contributed by atoms with Gasteiger partial charge in [-0.3, -0.25) is 4.57 Å². The second-order valence-corrected chi connectivity index (χ2v) is 2.98. The molecule has 0 aliphatic heterocycles. The minimum atomic E-state index is -0.368. The summed E-state index contributed by atoms with van der Waals surface area (Å²) in [6.45, 7) is 0. The first-order chi connectivity index (χ1) is 5.68. The molecule has 0 unspecified atom stereocenters. The molecule has 0 amide bonds. The fourth-order valence-electron chi connectivity index (χ4n) is 1.11. The lowest BCUT2D eigenvalue weighted by molar-refractivity contribution is 0.528. The van der Waals surface area contributed by atoms with Gasteiger partial charge in [-0.2, -0.15) is 0 Å². The van der Waals surface area contributed by atoms with Gasteiger partial charge in [-0.25, -0.2) is 4.79 Å². The van der Waals surface area contributed by atoms with E-state index in [2.05, 4.69) is 0 Å². The lowest BCUT2D eigenvalue weighted by Crippen LogP contribution is -2.08. The van der Waals surface area contributed by atoms with Crippen molar-refractivity contribution in [1.82, 2.24) is 4.57 Å². The van der Waals surface area contributed by atoms with E-state index in [1.807, 2.05) is 0 Å². The van der Waals surface area contributed by atoms with Crippen molar-refractivity contribution in [3.05, 3.63) is 33.8 Å². The summed E-state index contributed by atoms with van der Waals surface area (Å²) >= 11 is 5.71. The van der Waals surface area contributed by atoms with Crippen LogP contribution in [0.15, 0.2) is 27.4 Å². The molecule has 62 valence electrons. The lowest BCUT2D eigenvalue weighted by atomic mass is 10.3. The second kappa shape index (κ2) is 2.38. The summed E-state index contributed by atoms with van der Waals surface area (Å²) < 4.78 is 6.34. The minimum absolute atomic E-state index is 0.368. The van der Waals surface area contributed by atoms with Crippen LogP contribution in [-0.2, 0) is 7.05 Å². The summed E-state index contributed by atoms with van der Waals surface area (Å²) in [5, 5.41) is 0.567. The fourth-order valence-corrected chi connectivity index (χ4v) is 1.27. The molecular formula is C8H6ClNO2. The Balaban J connectivity index is 2.96. The first kappa shape index (κ1) is 7.43. The number of oxazole rings is 1. The normalized spacial score (nSPS) is 10.8. The molecule has 0 radical (unpaired) electrons. The van der Waals surface area contributed by atoms with Crippen molar-refractivity contribution in [3.8, 4) is 0 Å². The van der Waals surface area contributed by atoms with Crippen molar-refractivity contribution in [1.29, 1.82) is 0 Å². The number of aryl methyl sites for hydroxylation is 1. The average Bonchev–Trinajstić information content (AvgIpc) is 2.28. The Hall–Kier alpha value is -1.22. The number of halogens is 1. The maximum absolute atomic E-state index is 11.0. The number of nitrogens with zero attached hydrogens (tertiary/aromatic N) is 1. The summed E-state index contributed by atoms with van der Waals surface area (Å²) in [5.41, 5.74) is 1.28. The topological polar surface area (TPSA) is 35.1 Å². The SMILES string of the molecule is Cn1c(=O)oc2cc(Cl)ccc21. The predicted molar refractivity (Wildman–Crippen MR) is 46.5 cm³/mol. The van der Waals surface area contributed by atoms with Crippen LogP contribution in [0.5, 0.6) is 0 Å². The Morgan fingerprint density at radius 2 is 2.25 bits per heavy atom. The Morgan fingerprint density at radius 1 is 1.50 bits per heavy atom. The van der Waals surface area contributed by atoms with Gasteiger partial charge in [0.2, 0.25) is 0 Å². The zero-order valence-corrected chi connectivity index (χ0v) is 7.13. The van der Waals surface area contributed by atoms with E-state index < -0.39 is 0 Å². The highest BCUT2D eigenvalue weighted by atomic mass is 35.5. The van der Waals surface area contributed by atoms with Crippen LogP contribution in [0.3, 0.4) is 0 Å². The number of fused-ring (bicyclic) bond motifs is 1. The van der Waals surface area contributed by atoms with Crippen molar-refractivity contribution >= 4 is 22.7 Å². The maximum Gasteiger partial charge on any atom is 0.419 e. The predicted octanol–water partition coefficient (Wildman–Crippen LogP) is 1.78. The fraction of sp³-hybridized carbons (Fsp3) is 0.125. The van der Waals surface area contributed by atoms with E-state index >= 15 is 0 Å². The summed E-state index contributed by atoms with van der Waals surface area (Å²) in [6, 6.07) is 5.10. The van der Waals surface area contributed by atoms with Crippen molar-refractivity contribution in [2.45, 2.75) is 0 Å². The van der Waals surface area contributed by atoms with Crippen LogP contribution < -0.4 is 5.76 Å². The van der Waals surface area contributed by atoms with Gasteiger partial charge in [0, 0.05) is 18.1 Å². The largest absolute Gasteiger partial charge is 0.419 e. The highest BCUT2D eigenvalue weighted by molar-refractivity contribution is 6.31. The Morgan fingerprint density at radius 3 is 3.00 bits per heavy atom. The zero-order chi connectivity index (χ0) is 8.72. The van der Waals surface area contributed by atoms with Gasteiger partial charge in [0.25, 0.3) is 0 Å². The third kappa shape index (κ3) is 0.940. The molecule has 12 heavy (non-hydrogen) atoms. The molecule has 0 saturated carbocycles. The molecule has 3 nitrogen and oxygen atoms in total. The Kier molecular flexibility index (Phi) is 1.48. The van der Waals surface area contributed by atoms with E-state index in [0.29, 0.717) is 10.6 Å². The van der Waals surface area contributed by atoms with Gasteiger partial charge in [0.1, 0.15) is 0 Å². The van der Waals surface area contributed by atoms with Crippen LogP contribution in [0.4, 0.5) is 0 Å². The molecule has 1 aromatic carbocycles. The van der Waals surface area contributed by atoms with Crippen molar-refractivity contribution in [3.63, 3.8) is 0 Å². The van der Waals surface area contributed by atoms with Gasteiger partial charge in [-0.1, -0.05) is 11.6 Å². The van der Waals surface area contributed by atoms with Gasteiger partial charge in [0.05, 0.1) is 5.52 Å². The first-order valence-corrected chi connectivity index (χ1v) is 3.81. The van der Waals surface area contributed by atoms with Crippen LogP contribution in [0.1, 0.15) is 0 Å². The Bertz CT molecular complexity index is 483. The number of benzene rings is 1. The number of aromatic nitrogens is 1. The molecule has 4 heteroatoms. The molecule has 0 N–H and O–H groups in total. The number of rotatable bonds is 0. The molecule has 2 aromatic rings. The molecule has 1 aromatic heterocycles. The molecule has 0 saturated heterocycles. The molecule has 0 spiro atoms. The highest BCUT2D eigenvalue weighted by Crippen LogP contribution is 2.17. The first-order valence-electron chi connectivity index (χ1n) is 3.43. The van der Waals surface area contributed by atoms with Gasteiger partial charge < -0.3 is 4.42 Å². The third-order valence-corrected chi connectivity index (χ3v) is 1.99. The van der Waals surface area contributed by atoms with Gasteiger partial charge in [-0.05, 0) is 12.1 Å². The van der Waals surface area contributed by atoms with E-state index in [1.54, 1.807) is 25.2 Å². The monoisotopic (exact) mass is 183 g/mol. The maximum atomic E-state index is 11.0. The van der Waals surface area contributed by atoms with E-state index in [4.69, 9.17) is 16.0 Å². The number of hydrogen-bond donors (Lipinski definition) is 0. The average molecular weight is 184 g/mol. The molecular weight excluding hydrogens is 178 g/mol. The summed E-state index contributed by atoms with van der Waals surface area (Å²) in [7, 11) is 1.65. The summed E-state index contributed by atoms with van der Waals surface area (Å²) in [6.07, 6.45) is 0. The molecule has 0 atom stereocenters. The van der Waals surface area contributed by atoms with Crippen LogP contribution in [-0.4, -0.2) is 4.57 Å². The molecule has 0 fully saturated rings. The smallest absolute Gasteiger partial charge is 0.408 e. The zero-order valence-electron chi connectivity index (χ0n) is 6.37. The van der Waals surface area contributed by atoms with E-state index in [0.717, 1.165) is 5.52 Å². The lowest BCUT2D eigenvalue weighted by Gasteiger charge is -1.90. The molecule has 0 aliphatic carbocycles.